The molecule has 0 aliphatic carbocycles. The minimum Gasteiger partial charge on any atom is -0.480 e. The Morgan fingerprint density at radius 3 is 1.34 bits per heavy atom. The highest BCUT2D eigenvalue weighted by molar-refractivity contribution is 5.94. The number of amides is 4. The third-order valence-corrected chi connectivity index (χ3v) is 8.27. The quantitative estimate of drug-likeness (QED) is 0.0218. The van der Waals surface area contributed by atoms with E-state index in [0.717, 1.165) is 51.4 Å². The van der Waals surface area contributed by atoms with Crippen LogP contribution in [0, 0.1) is 0 Å². The van der Waals surface area contributed by atoms with Gasteiger partial charge in [0.1, 0.15) is 12.1 Å². The first-order valence-corrected chi connectivity index (χ1v) is 18.4. The molecule has 0 aliphatic rings. The molecule has 17 nitrogen and oxygen atoms in total. The van der Waals surface area contributed by atoms with Gasteiger partial charge >= 0.3 is 17.9 Å². The van der Waals surface area contributed by atoms with Gasteiger partial charge in [0.05, 0.1) is 12.8 Å². The molecule has 3 atom stereocenters. The maximum atomic E-state index is 12.6. The number of carbonyl (C=O) groups is 7. The van der Waals surface area contributed by atoms with E-state index in [-0.39, 0.29) is 51.6 Å². The summed E-state index contributed by atoms with van der Waals surface area (Å²) in [6.45, 7) is 3.94. The number of aliphatic carboxylic acids is 3. The van der Waals surface area contributed by atoms with E-state index in [9.17, 15) is 64.4 Å². The van der Waals surface area contributed by atoms with Gasteiger partial charge in [0, 0.05) is 25.2 Å². The zero-order valence-electron chi connectivity index (χ0n) is 31.0. The van der Waals surface area contributed by atoms with Crippen molar-refractivity contribution < 1.29 is 64.4 Å². The predicted octanol–water partition coefficient (Wildman–Crippen LogP) is 3.55. The van der Waals surface area contributed by atoms with E-state index in [4.69, 9.17) is 0 Å². The van der Waals surface area contributed by atoms with Crippen LogP contribution in [-0.4, -0.2) is 113 Å². The average molecular weight is 757 g/mol. The molecule has 8 N–H and O–H groups in total. The van der Waals surface area contributed by atoms with Crippen LogP contribution in [0.25, 0.3) is 0 Å². The van der Waals surface area contributed by atoms with Crippen LogP contribution in [0.3, 0.4) is 0 Å². The molecule has 0 heterocycles. The lowest BCUT2D eigenvalue weighted by molar-refractivity contribution is -0.165. The molecule has 0 spiro atoms. The molecule has 0 aromatic heterocycles. The summed E-state index contributed by atoms with van der Waals surface area (Å²) in [4.78, 5) is 84.6. The lowest BCUT2D eigenvalue weighted by Crippen LogP contribution is -2.51. The molecule has 17 heteroatoms. The monoisotopic (exact) mass is 756 g/mol. The molecule has 0 aromatic rings. The number of carboxylic acids is 3. The number of hydrogen-bond donors (Lipinski definition) is 8. The van der Waals surface area contributed by atoms with Gasteiger partial charge in [-0.15, -0.1) is 0 Å². The zero-order chi connectivity index (χ0) is 40.2. The van der Waals surface area contributed by atoms with Gasteiger partial charge in [-0.1, -0.05) is 64.5 Å². The Morgan fingerprint density at radius 2 is 0.962 bits per heavy atom. The molecule has 0 aliphatic heterocycles. The first kappa shape index (κ1) is 48.6. The Labute approximate surface area is 311 Å². The molecule has 0 saturated carbocycles. The normalized spacial score (nSPS) is 13.6. The molecular formula is C36H60N4O13. The van der Waals surface area contributed by atoms with Gasteiger partial charge in [-0.25, -0.2) is 24.5 Å². The predicted molar refractivity (Wildman–Crippen MR) is 191 cm³/mol. The Morgan fingerprint density at radius 1 is 0.585 bits per heavy atom. The Hall–Kier alpha value is -4.35. The number of unbranched alkanes of at least 4 members (excludes halogenated alkanes) is 10. The summed E-state index contributed by atoms with van der Waals surface area (Å²) in [5, 5.41) is 64.4. The molecule has 0 rings (SSSR count). The van der Waals surface area contributed by atoms with Gasteiger partial charge in [-0.05, 0) is 64.2 Å². The van der Waals surface area contributed by atoms with Crippen LogP contribution < -0.4 is 10.6 Å². The van der Waals surface area contributed by atoms with Crippen LogP contribution in [0.4, 0.5) is 0 Å². The van der Waals surface area contributed by atoms with Crippen molar-refractivity contribution in [1.82, 2.24) is 20.8 Å². The smallest absolute Gasteiger partial charge is 0.336 e. The van der Waals surface area contributed by atoms with Crippen LogP contribution in [0.1, 0.15) is 129 Å². The molecule has 4 amide bonds. The van der Waals surface area contributed by atoms with Crippen molar-refractivity contribution in [2.45, 2.75) is 147 Å². The number of aliphatic hydroxyl groups is 1. The molecule has 0 bridgehead atoms. The number of hydrogen-bond acceptors (Lipinski definition) is 10. The topological polar surface area (TPSA) is 271 Å². The van der Waals surface area contributed by atoms with E-state index in [1.165, 1.54) is 12.2 Å². The zero-order valence-corrected chi connectivity index (χ0v) is 31.0. The SMILES string of the molecule is CCCCC/C=C/C(=O)N(O)CCCCC(NC(=O)CC(O)(CC(=O)NC(CCCCN(O)C(=O)/C=C/CCCCCCC)C(=O)O)C(=O)O)C(=O)O. The van der Waals surface area contributed by atoms with Crippen LogP contribution in [0.15, 0.2) is 24.3 Å². The van der Waals surface area contributed by atoms with E-state index in [1.807, 2.05) is 6.92 Å². The fourth-order valence-electron chi connectivity index (χ4n) is 5.11. The summed E-state index contributed by atoms with van der Waals surface area (Å²) < 4.78 is 0. The van der Waals surface area contributed by atoms with Crippen LogP contribution in [-0.2, 0) is 33.6 Å². The Bertz CT molecular complexity index is 1230. The number of hydroxylamine groups is 4. The van der Waals surface area contributed by atoms with Gasteiger partial charge in [-0.2, -0.15) is 0 Å². The molecule has 3 unspecified atom stereocenters. The summed E-state index contributed by atoms with van der Waals surface area (Å²) in [7, 11) is 0. The highest BCUT2D eigenvalue weighted by Gasteiger charge is 2.42. The van der Waals surface area contributed by atoms with E-state index in [2.05, 4.69) is 17.6 Å². The van der Waals surface area contributed by atoms with Crippen LogP contribution >= 0.6 is 0 Å². The lowest BCUT2D eigenvalue weighted by atomic mass is 9.94. The summed E-state index contributed by atoms with van der Waals surface area (Å²) in [6.07, 6.45) is 13.3. The van der Waals surface area contributed by atoms with Crippen molar-refractivity contribution in [2.75, 3.05) is 13.1 Å². The summed E-state index contributed by atoms with van der Waals surface area (Å²) in [5.74, 6) is -8.59. The van der Waals surface area contributed by atoms with Gasteiger partial charge in [0.2, 0.25) is 11.8 Å². The summed E-state index contributed by atoms with van der Waals surface area (Å²) in [5.41, 5.74) is -3.01. The van der Waals surface area contributed by atoms with Crippen molar-refractivity contribution in [3.63, 3.8) is 0 Å². The maximum absolute atomic E-state index is 12.6. The van der Waals surface area contributed by atoms with Crippen molar-refractivity contribution in [1.29, 1.82) is 0 Å². The molecule has 0 radical (unpaired) electrons. The first-order valence-electron chi connectivity index (χ1n) is 18.4. The molecule has 302 valence electrons. The highest BCUT2D eigenvalue weighted by atomic mass is 16.5. The van der Waals surface area contributed by atoms with Crippen LogP contribution in [0.5, 0.6) is 0 Å². The van der Waals surface area contributed by atoms with E-state index in [1.54, 1.807) is 12.2 Å². The fraction of sp³-hybridized carbons (Fsp3) is 0.694. The third-order valence-electron chi connectivity index (χ3n) is 8.27. The molecular weight excluding hydrogens is 696 g/mol. The van der Waals surface area contributed by atoms with Gasteiger partial charge in [0.15, 0.2) is 5.60 Å². The molecule has 53 heavy (non-hydrogen) atoms. The van der Waals surface area contributed by atoms with Gasteiger partial charge in [-0.3, -0.25) is 29.6 Å². The molecule has 0 saturated heterocycles. The number of carboxylic acid groups (broad SMARTS) is 3. The number of rotatable bonds is 31. The van der Waals surface area contributed by atoms with Crippen molar-refractivity contribution in [3.05, 3.63) is 24.3 Å². The minimum absolute atomic E-state index is 0.110. The van der Waals surface area contributed by atoms with Gasteiger partial charge in [0.25, 0.3) is 11.8 Å². The Balaban J connectivity index is 4.89. The van der Waals surface area contributed by atoms with E-state index < -0.39 is 72.1 Å². The summed E-state index contributed by atoms with van der Waals surface area (Å²) >= 11 is 0. The number of allylic oxidation sites excluding steroid dienone is 2. The average Bonchev–Trinajstić information content (AvgIpc) is 3.09. The third kappa shape index (κ3) is 23.0. The number of nitrogens with zero attached hydrogens (tertiary/aromatic N) is 2. The van der Waals surface area contributed by atoms with Crippen LogP contribution in [0.2, 0.25) is 0 Å². The van der Waals surface area contributed by atoms with E-state index >= 15 is 0 Å². The second-order valence-electron chi connectivity index (χ2n) is 13.0. The standard InChI is InChI=1S/C36H60N4O13/c1-3-5-7-9-10-12-14-22-32(44)40(53)24-18-16-20-28(34(47)48)38-30(42)26-36(51,35(49)50)25-29(41)37-27(33(45)46)19-15-17-23-39(52)31(43)21-13-11-8-6-4-2/h13-14,21-22,27-28,51-53H,3-12,15-20,23-26H2,1-2H3,(H,37,41)(H,38,42)(H,45,46)(H,47,48)(H,49,50)/b21-13+,22-14+. The van der Waals surface area contributed by atoms with E-state index in [0.29, 0.717) is 23.0 Å². The second kappa shape index (κ2) is 28.2. The largest absolute Gasteiger partial charge is 0.480 e. The maximum Gasteiger partial charge on any atom is 0.336 e. The fourth-order valence-corrected chi connectivity index (χ4v) is 5.11. The number of carbonyl (C=O) groups excluding carboxylic acids is 4. The van der Waals surface area contributed by atoms with Crippen molar-refractivity contribution >= 4 is 41.5 Å². The minimum atomic E-state index is -3.01. The summed E-state index contributed by atoms with van der Waals surface area (Å²) in [6, 6.07) is -3.04. The highest BCUT2D eigenvalue weighted by Crippen LogP contribution is 2.18. The number of nitrogens with one attached hydrogen (secondary N) is 2. The molecule has 0 fully saturated rings. The van der Waals surface area contributed by atoms with Crippen molar-refractivity contribution in [3.8, 4) is 0 Å². The van der Waals surface area contributed by atoms with Gasteiger partial charge < -0.3 is 31.1 Å². The molecule has 0 aromatic carbocycles. The Kier molecular flexibility index (Phi) is 25.9. The van der Waals surface area contributed by atoms with Crippen molar-refractivity contribution in [2.24, 2.45) is 0 Å². The second-order valence-corrected chi connectivity index (χ2v) is 13.0. The first-order chi connectivity index (χ1) is 25.1. The lowest BCUT2D eigenvalue weighted by Gasteiger charge is -2.24.